The maximum absolute atomic E-state index is 13.4. The van der Waals surface area contributed by atoms with Crippen LogP contribution in [0.5, 0.6) is 5.75 Å². The molecule has 0 aromatic heterocycles. The van der Waals surface area contributed by atoms with Crippen LogP contribution in [0.15, 0.2) is 132 Å². The Balaban J connectivity index is 1.25. The average Bonchev–Trinajstić information content (AvgIpc) is 3.05. The van der Waals surface area contributed by atoms with Crippen molar-refractivity contribution in [2.24, 2.45) is 0 Å². The fourth-order valence-electron chi connectivity index (χ4n) is 4.49. The van der Waals surface area contributed by atoms with E-state index in [1.807, 2.05) is 91.9 Å². The summed E-state index contributed by atoms with van der Waals surface area (Å²) in [5.41, 5.74) is 2.46. The standard InChI is InChI=1S/C36H31N3O4S/c1-2-43-33-18-9-7-14-27(33)23-32(39-35(41)26-12-4-3-5-13-26)36(42)37-28-19-21-29(22-20-28)44-24-34(40)38-31-17-10-15-25-11-6-8-16-30(25)31/h3-23H,2,24H2,1H3,(H,37,42)(H,38,40)(H,39,41)/b32-23-. The molecule has 3 N–H and O–H groups in total. The Morgan fingerprint density at radius 2 is 1.45 bits per heavy atom. The maximum atomic E-state index is 13.4. The van der Waals surface area contributed by atoms with Crippen molar-refractivity contribution in [1.82, 2.24) is 5.32 Å². The Labute approximate surface area is 260 Å². The summed E-state index contributed by atoms with van der Waals surface area (Å²) in [5, 5.41) is 10.7. The van der Waals surface area contributed by atoms with Gasteiger partial charge in [-0.2, -0.15) is 0 Å². The van der Waals surface area contributed by atoms with Crippen molar-refractivity contribution in [2.45, 2.75) is 11.8 Å². The molecule has 220 valence electrons. The topological polar surface area (TPSA) is 96.5 Å². The van der Waals surface area contributed by atoms with Crippen LogP contribution in [0.1, 0.15) is 22.8 Å². The number of fused-ring (bicyclic) bond motifs is 1. The fourth-order valence-corrected chi connectivity index (χ4v) is 5.19. The van der Waals surface area contributed by atoms with E-state index in [1.165, 1.54) is 11.8 Å². The van der Waals surface area contributed by atoms with Crippen molar-refractivity contribution < 1.29 is 19.1 Å². The molecule has 0 heterocycles. The van der Waals surface area contributed by atoms with Gasteiger partial charge in [-0.1, -0.05) is 72.8 Å². The third-order valence-electron chi connectivity index (χ3n) is 6.59. The lowest BCUT2D eigenvalue weighted by molar-refractivity contribution is -0.114. The van der Waals surface area contributed by atoms with E-state index in [4.69, 9.17) is 4.74 Å². The number of hydrogen-bond donors (Lipinski definition) is 3. The van der Waals surface area contributed by atoms with Gasteiger partial charge in [0.2, 0.25) is 5.91 Å². The minimum atomic E-state index is -0.490. The van der Waals surface area contributed by atoms with E-state index in [1.54, 1.807) is 42.5 Å². The largest absolute Gasteiger partial charge is 0.493 e. The summed E-state index contributed by atoms with van der Waals surface area (Å²) in [6.45, 7) is 2.34. The Morgan fingerprint density at radius 1 is 0.750 bits per heavy atom. The number of benzene rings is 5. The molecule has 0 spiro atoms. The third-order valence-corrected chi connectivity index (χ3v) is 7.61. The van der Waals surface area contributed by atoms with Gasteiger partial charge in [-0.05, 0) is 66.9 Å². The van der Waals surface area contributed by atoms with Crippen LogP contribution >= 0.6 is 11.8 Å². The van der Waals surface area contributed by atoms with Gasteiger partial charge in [0, 0.05) is 32.8 Å². The first-order valence-corrected chi connectivity index (χ1v) is 15.1. The van der Waals surface area contributed by atoms with Crippen LogP contribution in [0.4, 0.5) is 11.4 Å². The Kier molecular flexibility index (Phi) is 10.1. The van der Waals surface area contributed by atoms with Gasteiger partial charge in [0.1, 0.15) is 11.4 Å². The van der Waals surface area contributed by atoms with Crippen LogP contribution in [0.2, 0.25) is 0 Å². The van der Waals surface area contributed by atoms with Crippen LogP contribution in [-0.2, 0) is 9.59 Å². The van der Waals surface area contributed by atoms with Crippen molar-refractivity contribution in [3.63, 3.8) is 0 Å². The summed E-state index contributed by atoms with van der Waals surface area (Å²) in [5.74, 6) is -0.183. The van der Waals surface area contributed by atoms with E-state index in [0.717, 1.165) is 21.4 Å². The molecule has 0 bridgehead atoms. The van der Waals surface area contributed by atoms with E-state index in [2.05, 4.69) is 16.0 Å². The normalized spacial score (nSPS) is 11.1. The van der Waals surface area contributed by atoms with Gasteiger partial charge in [0.15, 0.2) is 0 Å². The second-order valence-electron chi connectivity index (χ2n) is 9.69. The molecule has 0 saturated heterocycles. The second-order valence-corrected chi connectivity index (χ2v) is 10.7. The molecule has 0 fully saturated rings. The first-order valence-electron chi connectivity index (χ1n) is 14.1. The number of ether oxygens (including phenoxy) is 1. The highest BCUT2D eigenvalue weighted by molar-refractivity contribution is 8.00. The lowest BCUT2D eigenvalue weighted by Crippen LogP contribution is -2.30. The van der Waals surface area contributed by atoms with Crippen LogP contribution < -0.4 is 20.7 Å². The zero-order valence-electron chi connectivity index (χ0n) is 24.1. The number of anilines is 2. The lowest BCUT2D eigenvalue weighted by Gasteiger charge is -2.13. The number of carbonyl (C=O) groups excluding carboxylic acids is 3. The molecule has 0 radical (unpaired) electrons. The fraction of sp³-hybridized carbons (Fsp3) is 0.0833. The molecule has 8 heteroatoms. The van der Waals surface area contributed by atoms with Crippen LogP contribution in [-0.4, -0.2) is 30.1 Å². The van der Waals surface area contributed by atoms with E-state index in [0.29, 0.717) is 29.2 Å². The highest BCUT2D eigenvalue weighted by Crippen LogP contribution is 2.25. The number of hydrogen-bond acceptors (Lipinski definition) is 5. The predicted molar refractivity (Wildman–Crippen MR) is 178 cm³/mol. The number of amides is 3. The summed E-state index contributed by atoms with van der Waals surface area (Å²) in [6, 6.07) is 36.9. The van der Waals surface area contributed by atoms with Crippen LogP contribution in [0.25, 0.3) is 16.8 Å². The highest BCUT2D eigenvalue weighted by atomic mass is 32.2. The number of thioether (sulfide) groups is 1. The SMILES string of the molecule is CCOc1ccccc1/C=C(\NC(=O)c1ccccc1)C(=O)Nc1ccc(SCC(=O)Nc2cccc3ccccc23)cc1. The van der Waals surface area contributed by atoms with E-state index in [-0.39, 0.29) is 17.4 Å². The second kappa shape index (κ2) is 14.7. The highest BCUT2D eigenvalue weighted by Gasteiger charge is 2.16. The summed E-state index contributed by atoms with van der Waals surface area (Å²) in [7, 11) is 0. The molecule has 5 aromatic carbocycles. The van der Waals surface area contributed by atoms with E-state index >= 15 is 0 Å². The van der Waals surface area contributed by atoms with Gasteiger partial charge in [0.05, 0.1) is 12.4 Å². The molecule has 0 aliphatic carbocycles. The molecule has 7 nitrogen and oxygen atoms in total. The summed E-state index contributed by atoms with van der Waals surface area (Å²) in [6.07, 6.45) is 1.60. The van der Waals surface area contributed by atoms with E-state index < -0.39 is 11.8 Å². The van der Waals surface area contributed by atoms with E-state index in [9.17, 15) is 14.4 Å². The monoisotopic (exact) mass is 601 g/mol. The summed E-state index contributed by atoms with van der Waals surface area (Å²) >= 11 is 1.39. The minimum absolute atomic E-state index is 0.0644. The first-order chi connectivity index (χ1) is 21.5. The van der Waals surface area contributed by atoms with Crippen molar-refractivity contribution in [3.8, 4) is 5.75 Å². The van der Waals surface area contributed by atoms with Crippen LogP contribution in [0.3, 0.4) is 0 Å². The smallest absolute Gasteiger partial charge is 0.272 e. The van der Waals surface area contributed by atoms with Gasteiger partial charge in [-0.25, -0.2) is 0 Å². The molecule has 5 rings (SSSR count). The molecule has 44 heavy (non-hydrogen) atoms. The Hall–Kier alpha value is -5.34. The summed E-state index contributed by atoms with van der Waals surface area (Å²) in [4.78, 5) is 39.9. The molecule has 3 amide bonds. The van der Waals surface area contributed by atoms with Crippen molar-refractivity contribution in [3.05, 3.63) is 138 Å². The lowest BCUT2D eigenvalue weighted by atomic mass is 10.1. The van der Waals surface area contributed by atoms with Gasteiger partial charge in [-0.15, -0.1) is 11.8 Å². The maximum Gasteiger partial charge on any atom is 0.272 e. The Bertz CT molecular complexity index is 1800. The molecular weight excluding hydrogens is 570 g/mol. The third kappa shape index (κ3) is 7.93. The predicted octanol–water partition coefficient (Wildman–Crippen LogP) is 7.38. The number of nitrogens with one attached hydrogen (secondary N) is 3. The van der Waals surface area contributed by atoms with Crippen molar-refractivity contribution in [1.29, 1.82) is 0 Å². The van der Waals surface area contributed by atoms with Gasteiger partial charge in [0.25, 0.3) is 11.8 Å². The quantitative estimate of drug-likeness (QED) is 0.108. The van der Waals surface area contributed by atoms with Crippen LogP contribution in [0, 0.1) is 0 Å². The van der Waals surface area contributed by atoms with Gasteiger partial charge in [-0.3, -0.25) is 14.4 Å². The molecule has 0 unspecified atom stereocenters. The molecule has 0 aliphatic heterocycles. The average molecular weight is 602 g/mol. The van der Waals surface area contributed by atoms with Gasteiger partial charge < -0.3 is 20.7 Å². The molecule has 0 atom stereocenters. The van der Waals surface area contributed by atoms with Gasteiger partial charge >= 0.3 is 0 Å². The van der Waals surface area contributed by atoms with Crippen molar-refractivity contribution in [2.75, 3.05) is 23.0 Å². The zero-order valence-corrected chi connectivity index (χ0v) is 24.9. The summed E-state index contributed by atoms with van der Waals surface area (Å²) < 4.78 is 5.71. The zero-order chi connectivity index (χ0) is 30.7. The molecule has 0 aliphatic rings. The number of para-hydroxylation sites is 1. The minimum Gasteiger partial charge on any atom is -0.493 e. The Morgan fingerprint density at radius 3 is 2.25 bits per heavy atom. The molecule has 5 aromatic rings. The first kappa shape index (κ1) is 30.1. The molecule has 0 saturated carbocycles. The van der Waals surface area contributed by atoms with Crippen molar-refractivity contribution >= 4 is 57.7 Å². The molecular formula is C36H31N3O4S. The number of carbonyl (C=O) groups is 3. The number of rotatable bonds is 11.